The molecule has 0 aromatic carbocycles. The largest absolute Gasteiger partial charge is 0.396 e. The van der Waals surface area contributed by atoms with Gasteiger partial charge in [0, 0.05) is 30.0 Å². The summed E-state index contributed by atoms with van der Waals surface area (Å²) >= 11 is 9.42. The lowest BCUT2D eigenvalue weighted by Crippen LogP contribution is -2.25. The number of carbonyl (C=O) groups is 1. The second-order valence-electron chi connectivity index (χ2n) is 4.12. The Morgan fingerprint density at radius 1 is 1.71 bits per heavy atom. The summed E-state index contributed by atoms with van der Waals surface area (Å²) < 4.78 is 0.817. The third-order valence-corrected chi connectivity index (χ3v) is 3.92. The maximum atomic E-state index is 11.8. The first-order chi connectivity index (χ1) is 8.02. The van der Waals surface area contributed by atoms with Crippen molar-refractivity contribution >= 4 is 39.1 Å². The predicted octanol–water partition coefficient (Wildman–Crippen LogP) is 2.15. The molecule has 1 N–H and O–H groups in total. The minimum absolute atomic E-state index is 0.0142. The molecule has 1 aliphatic rings. The van der Waals surface area contributed by atoms with Gasteiger partial charge in [-0.15, -0.1) is 0 Å². The Hall–Kier alpha value is -0.650. The zero-order valence-corrected chi connectivity index (χ0v) is 11.6. The van der Waals surface area contributed by atoms with E-state index in [0.29, 0.717) is 23.8 Å². The van der Waals surface area contributed by atoms with Crippen molar-refractivity contribution in [3.05, 3.63) is 21.4 Å². The number of amides is 1. The molecule has 1 aromatic rings. The van der Waals surface area contributed by atoms with E-state index < -0.39 is 0 Å². The Labute approximate surface area is 113 Å². The van der Waals surface area contributed by atoms with Gasteiger partial charge in [0.25, 0.3) is 0 Å². The molecule has 1 fully saturated rings. The van der Waals surface area contributed by atoms with E-state index in [2.05, 4.69) is 20.9 Å². The number of aryl methyl sites for hydroxylation is 1. The molecule has 0 bridgehead atoms. The standard InChI is InChI=1S/C11H12BrClN2O2/c1-6-8(12)3-9(11(13)14-6)15-4-7(5-16)2-10(15)17/h3,7,16H,2,4-5H2,1H3. The van der Waals surface area contributed by atoms with Crippen LogP contribution in [0, 0.1) is 12.8 Å². The molecule has 0 aliphatic carbocycles. The van der Waals surface area contributed by atoms with Gasteiger partial charge in [-0.3, -0.25) is 4.79 Å². The highest BCUT2D eigenvalue weighted by Crippen LogP contribution is 2.33. The fourth-order valence-corrected chi connectivity index (χ4v) is 2.46. The Morgan fingerprint density at radius 3 is 3.00 bits per heavy atom. The third-order valence-electron chi connectivity index (χ3n) is 2.84. The monoisotopic (exact) mass is 318 g/mol. The van der Waals surface area contributed by atoms with Crippen molar-refractivity contribution in [1.82, 2.24) is 4.98 Å². The van der Waals surface area contributed by atoms with Crippen LogP contribution >= 0.6 is 27.5 Å². The zero-order chi connectivity index (χ0) is 12.6. The molecule has 1 unspecified atom stereocenters. The number of aromatic nitrogens is 1. The summed E-state index contributed by atoms with van der Waals surface area (Å²) in [6.07, 6.45) is 0.359. The molecule has 1 atom stereocenters. The van der Waals surface area contributed by atoms with Gasteiger partial charge < -0.3 is 10.0 Å². The van der Waals surface area contributed by atoms with Crippen molar-refractivity contribution in [3.63, 3.8) is 0 Å². The minimum Gasteiger partial charge on any atom is -0.396 e. The Morgan fingerprint density at radius 2 is 2.41 bits per heavy atom. The number of nitrogens with zero attached hydrogens (tertiary/aromatic N) is 2. The van der Waals surface area contributed by atoms with Crippen molar-refractivity contribution in [2.75, 3.05) is 18.1 Å². The molecule has 17 heavy (non-hydrogen) atoms. The molecule has 0 radical (unpaired) electrons. The van der Waals surface area contributed by atoms with Crippen LogP contribution in [0.2, 0.25) is 5.15 Å². The molecular weight excluding hydrogens is 307 g/mol. The van der Waals surface area contributed by atoms with Gasteiger partial charge in [0.2, 0.25) is 5.91 Å². The molecule has 4 nitrogen and oxygen atoms in total. The van der Waals surface area contributed by atoms with E-state index in [-0.39, 0.29) is 18.4 Å². The van der Waals surface area contributed by atoms with E-state index in [9.17, 15) is 4.79 Å². The van der Waals surface area contributed by atoms with E-state index in [1.54, 1.807) is 11.0 Å². The van der Waals surface area contributed by atoms with Crippen LogP contribution in [0.4, 0.5) is 5.69 Å². The lowest BCUT2D eigenvalue weighted by atomic mass is 10.1. The molecule has 0 spiro atoms. The van der Waals surface area contributed by atoms with Crippen LogP contribution in [0.1, 0.15) is 12.1 Å². The lowest BCUT2D eigenvalue weighted by Gasteiger charge is -2.18. The van der Waals surface area contributed by atoms with Crippen LogP contribution in [0.5, 0.6) is 0 Å². The van der Waals surface area contributed by atoms with Crippen LogP contribution in [0.25, 0.3) is 0 Å². The van der Waals surface area contributed by atoms with Crippen LogP contribution in [-0.2, 0) is 4.79 Å². The lowest BCUT2D eigenvalue weighted by molar-refractivity contribution is -0.117. The van der Waals surface area contributed by atoms with Crippen LogP contribution in [0.15, 0.2) is 10.5 Å². The first kappa shape index (κ1) is 12.8. The van der Waals surface area contributed by atoms with Gasteiger partial charge >= 0.3 is 0 Å². The van der Waals surface area contributed by atoms with E-state index in [1.165, 1.54) is 0 Å². The highest BCUT2D eigenvalue weighted by molar-refractivity contribution is 9.10. The topological polar surface area (TPSA) is 53.4 Å². The number of carbonyl (C=O) groups excluding carboxylic acids is 1. The molecule has 1 amide bonds. The fraction of sp³-hybridized carbons (Fsp3) is 0.455. The second kappa shape index (κ2) is 4.92. The van der Waals surface area contributed by atoms with Gasteiger partial charge in [0.15, 0.2) is 5.15 Å². The minimum atomic E-state index is -0.0245. The Kier molecular flexibility index (Phi) is 3.70. The highest BCUT2D eigenvalue weighted by atomic mass is 79.9. The molecule has 2 rings (SSSR count). The maximum absolute atomic E-state index is 11.8. The average Bonchev–Trinajstić information content (AvgIpc) is 2.65. The summed E-state index contributed by atoms with van der Waals surface area (Å²) in [4.78, 5) is 17.6. The number of hydrogen-bond acceptors (Lipinski definition) is 3. The molecular formula is C11H12BrClN2O2. The number of pyridine rings is 1. The summed E-state index contributed by atoms with van der Waals surface area (Å²) in [6.45, 7) is 2.34. The Balaban J connectivity index is 2.35. The molecule has 6 heteroatoms. The van der Waals surface area contributed by atoms with Gasteiger partial charge in [-0.1, -0.05) is 11.6 Å². The molecule has 92 valence electrons. The van der Waals surface area contributed by atoms with Gasteiger partial charge in [0.05, 0.1) is 11.4 Å². The number of aliphatic hydroxyl groups excluding tert-OH is 1. The van der Waals surface area contributed by atoms with Crippen molar-refractivity contribution in [3.8, 4) is 0 Å². The van der Waals surface area contributed by atoms with Gasteiger partial charge in [0.1, 0.15) is 0 Å². The molecule has 1 aromatic heterocycles. The van der Waals surface area contributed by atoms with E-state index in [4.69, 9.17) is 16.7 Å². The van der Waals surface area contributed by atoms with Crippen molar-refractivity contribution in [2.45, 2.75) is 13.3 Å². The van der Waals surface area contributed by atoms with Crippen molar-refractivity contribution < 1.29 is 9.90 Å². The van der Waals surface area contributed by atoms with E-state index in [0.717, 1.165) is 10.2 Å². The molecule has 1 aliphatic heterocycles. The Bertz CT molecular complexity index is 467. The number of halogens is 2. The van der Waals surface area contributed by atoms with Crippen molar-refractivity contribution in [2.24, 2.45) is 5.92 Å². The third kappa shape index (κ3) is 2.46. The zero-order valence-electron chi connectivity index (χ0n) is 9.28. The normalized spacial score (nSPS) is 20.1. The first-order valence-electron chi connectivity index (χ1n) is 5.26. The quantitative estimate of drug-likeness (QED) is 0.850. The molecule has 1 saturated heterocycles. The maximum Gasteiger partial charge on any atom is 0.227 e. The van der Waals surface area contributed by atoms with Gasteiger partial charge in [-0.05, 0) is 28.9 Å². The number of aliphatic hydroxyl groups is 1. The summed E-state index contributed by atoms with van der Waals surface area (Å²) in [5, 5.41) is 9.40. The van der Waals surface area contributed by atoms with Gasteiger partial charge in [-0.2, -0.15) is 0 Å². The molecule has 2 heterocycles. The molecule has 0 saturated carbocycles. The second-order valence-corrected chi connectivity index (χ2v) is 5.33. The summed E-state index contributed by atoms with van der Waals surface area (Å²) in [7, 11) is 0. The number of hydrogen-bond donors (Lipinski definition) is 1. The average molecular weight is 320 g/mol. The fourth-order valence-electron chi connectivity index (χ4n) is 1.87. The van der Waals surface area contributed by atoms with Crippen LogP contribution in [-0.4, -0.2) is 29.1 Å². The van der Waals surface area contributed by atoms with Crippen LogP contribution < -0.4 is 4.90 Å². The number of rotatable bonds is 2. The first-order valence-corrected chi connectivity index (χ1v) is 6.44. The van der Waals surface area contributed by atoms with E-state index >= 15 is 0 Å². The van der Waals surface area contributed by atoms with Gasteiger partial charge in [-0.25, -0.2) is 4.98 Å². The summed E-state index contributed by atoms with van der Waals surface area (Å²) in [5.41, 5.74) is 1.38. The summed E-state index contributed by atoms with van der Waals surface area (Å²) in [5.74, 6) is -0.0397. The highest BCUT2D eigenvalue weighted by Gasteiger charge is 2.31. The van der Waals surface area contributed by atoms with Crippen LogP contribution in [0.3, 0.4) is 0 Å². The van der Waals surface area contributed by atoms with Crippen molar-refractivity contribution in [1.29, 1.82) is 0 Å². The summed E-state index contributed by atoms with van der Waals surface area (Å²) in [6, 6.07) is 1.79. The number of anilines is 1. The smallest absolute Gasteiger partial charge is 0.227 e. The SMILES string of the molecule is Cc1nc(Cl)c(N2CC(CO)CC2=O)cc1Br. The predicted molar refractivity (Wildman–Crippen MR) is 69.2 cm³/mol. The van der Waals surface area contributed by atoms with E-state index in [1.807, 2.05) is 6.92 Å².